The maximum absolute atomic E-state index is 11.9. The van der Waals surface area contributed by atoms with Crippen molar-refractivity contribution in [2.24, 2.45) is 5.92 Å². The lowest BCUT2D eigenvalue weighted by Crippen LogP contribution is -2.15. The fourth-order valence-electron chi connectivity index (χ4n) is 2.74. The summed E-state index contributed by atoms with van der Waals surface area (Å²) >= 11 is 0. The lowest BCUT2D eigenvalue weighted by Gasteiger charge is -2.16. The van der Waals surface area contributed by atoms with Crippen LogP contribution in [0.5, 0.6) is 5.75 Å². The second kappa shape index (κ2) is 7.05. The summed E-state index contributed by atoms with van der Waals surface area (Å²) in [7, 11) is 0. The van der Waals surface area contributed by atoms with Crippen LogP contribution in [-0.4, -0.2) is 17.6 Å². The van der Waals surface area contributed by atoms with Crippen LogP contribution >= 0.6 is 0 Å². The first-order chi connectivity index (χ1) is 11.5. The molecule has 2 aromatic carbocycles. The zero-order valence-electron chi connectivity index (χ0n) is 14.1. The Bertz CT molecular complexity index is 717. The normalized spacial score (nSPS) is 15.0. The van der Waals surface area contributed by atoms with Gasteiger partial charge < -0.3 is 15.2 Å². The number of hydrogen-bond donors (Lipinski definition) is 2. The monoisotopic (exact) mass is 325 g/mol. The first-order valence-electron chi connectivity index (χ1n) is 8.32. The maximum Gasteiger partial charge on any atom is 0.227 e. The molecule has 3 rings (SSSR count). The van der Waals surface area contributed by atoms with Gasteiger partial charge in [0.25, 0.3) is 0 Å². The Balaban J connectivity index is 1.66. The van der Waals surface area contributed by atoms with Crippen LogP contribution in [0.2, 0.25) is 0 Å². The van der Waals surface area contributed by atoms with Crippen LogP contribution in [0.4, 0.5) is 5.69 Å². The molecule has 0 saturated heterocycles. The molecular formula is C20H23NO3. The van der Waals surface area contributed by atoms with E-state index in [2.05, 4.69) is 11.4 Å². The van der Waals surface area contributed by atoms with E-state index in [1.165, 1.54) is 0 Å². The van der Waals surface area contributed by atoms with Crippen molar-refractivity contribution in [1.29, 1.82) is 0 Å². The summed E-state index contributed by atoms with van der Waals surface area (Å²) in [6.07, 6.45) is 1.20. The molecule has 0 bridgehead atoms. The third kappa shape index (κ3) is 4.15. The van der Waals surface area contributed by atoms with Crippen LogP contribution in [0.15, 0.2) is 42.5 Å². The molecule has 1 unspecified atom stereocenters. The predicted octanol–water partition coefficient (Wildman–Crippen LogP) is 3.76. The molecule has 0 aromatic heterocycles. The Labute approximate surface area is 142 Å². The molecule has 1 saturated carbocycles. The fraction of sp³-hybridized carbons (Fsp3) is 0.350. The van der Waals surface area contributed by atoms with E-state index in [1.807, 2.05) is 44.2 Å². The lowest BCUT2D eigenvalue weighted by molar-refractivity contribution is -0.117. The van der Waals surface area contributed by atoms with E-state index in [-0.39, 0.29) is 18.4 Å². The highest BCUT2D eigenvalue weighted by atomic mass is 16.5. The number of carbonyl (C=O) groups excluding carboxylic acids is 1. The third-order valence-electron chi connectivity index (χ3n) is 4.12. The standard InChI is InChI=1S/C20H23NO3/c1-13-9-14(2)11-16(10-13)18(22)12-24-19-6-4-3-5-17(19)21-20(23)15-7-8-15/h3-6,9-11,15,18,22H,7-8,12H2,1-2H3,(H,21,23). The van der Waals surface area contributed by atoms with Crippen molar-refractivity contribution < 1.29 is 14.6 Å². The van der Waals surface area contributed by atoms with Gasteiger partial charge >= 0.3 is 0 Å². The molecule has 0 radical (unpaired) electrons. The molecule has 2 aromatic rings. The average molecular weight is 325 g/mol. The van der Waals surface area contributed by atoms with Gasteiger partial charge in [-0.1, -0.05) is 41.5 Å². The van der Waals surface area contributed by atoms with Gasteiger partial charge in [-0.3, -0.25) is 4.79 Å². The van der Waals surface area contributed by atoms with Crippen LogP contribution in [0.1, 0.15) is 35.6 Å². The van der Waals surface area contributed by atoms with Gasteiger partial charge in [0.05, 0.1) is 5.69 Å². The Hall–Kier alpha value is -2.33. The van der Waals surface area contributed by atoms with Crippen LogP contribution in [0.3, 0.4) is 0 Å². The van der Waals surface area contributed by atoms with Gasteiger partial charge in [-0.15, -0.1) is 0 Å². The highest BCUT2D eigenvalue weighted by Crippen LogP contribution is 2.32. The molecule has 24 heavy (non-hydrogen) atoms. The summed E-state index contributed by atoms with van der Waals surface area (Å²) in [6, 6.07) is 13.3. The van der Waals surface area contributed by atoms with E-state index < -0.39 is 6.10 Å². The highest BCUT2D eigenvalue weighted by molar-refractivity contribution is 5.95. The average Bonchev–Trinajstić information content (AvgIpc) is 3.37. The molecule has 1 aliphatic carbocycles. The number of ether oxygens (including phenoxy) is 1. The first-order valence-corrected chi connectivity index (χ1v) is 8.32. The Morgan fingerprint density at radius 2 is 1.88 bits per heavy atom. The topological polar surface area (TPSA) is 58.6 Å². The molecule has 0 aliphatic heterocycles. The summed E-state index contributed by atoms with van der Waals surface area (Å²) in [6.45, 7) is 4.15. The van der Waals surface area contributed by atoms with Gasteiger partial charge in [-0.05, 0) is 44.4 Å². The van der Waals surface area contributed by atoms with Crippen LogP contribution in [0.25, 0.3) is 0 Å². The molecule has 0 spiro atoms. The third-order valence-corrected chi connectivity index (χ3v) is 4.12. The number of aryl methyl sites for hydroxylation is 2. The minimum atomic E-state index is -0.712. The van der Waals surface area contributed by atoms with E-state index in [4.69, 9.17) is 4.74 Å². The van der Waals surface area contributed by atoms with Gasteiger partial charge in [0.1, 0.15) is 18.5 Å². The summed E-state index contributed by atoms with van der Waals surface area (Å²) < 4.78 is 5.77. The molecule has 0 heterocycles. The number of benzene rings is 2. The van der Waals surface area contributed by atoms with E-state index in [0.717, 1.165) is 29.5 Å². The summed E-state index contributed by atoms with van der Waals surface area (Å²) in [5, 5.41) is 13.3. The number of rotatable bonds is 6. The van der Waals surface area contributed by atoms with Crippen molar-refractivity contribution in [3.05, 3.63) is 59.2 Å². The number of hydrogen-bond acceptors (Lipinski definition) is 3. The van der Waals surface area contributed by atoms with E-state index in [0.29, 0.717) is 11.4 Å². The SMILES string of the molecule is Cc1cc(C)cc(C(O)COc2ccccc2NC(=O)C2CC2)c1. The Morgan fingerprint density at radius 3 is 2.54 bits per heavy atom. The lowest BCUT2D eigenvalue weighted by atomic mass is 10.0. The number of aliphatic hydroxyl groups excluding tert-OH is 1. The van der Waals surface area contributed by atoms with E-state index >= 15 is 0 Å². The number of para-hydroxylation sites is 2. The maximum atomic E-state index is 11.9. The first kappa shape index (κ1) is 16.5. The van der Waals surface area contributed by atoms with Crippen molar-refractivity contribution in [3.8, 4) is 5.75 Å². The van der Waals surface area contributed by atoms with Gasteiger partial charge in [-0.25, -0.2) is 0 Å². The van der Waals surface area contributed by atoms with Crippen molar-refractivity contribution >= 4 is 11.6 Å². The van der Waals surface area contributed by atoms with Crippen molar-refractivity contribution in [3.63, 3.8) is 0 Å². The van der Waals surface area contributed by atoms with Crippen LogP contribution < -0.4 is 10.1 Å². The molecule has 1 fully saturated rings. The number of carbonyl (C=O) groups is 1. The minimum absolute atomic E-state index is 0.0425. The zero-order valence-corrected chi connectivity index (χ0v) is 14.1. The number of amides is 1. The number of aliphatic hydroxyl groups is 1. The second-order valence-electron chi connectivity index (χ2n) is 6.51. The van der Waals surface area contributed by atoms with E-state index in [1.54, 1.807) is 6.07 Å². The van der Waals surface area contributed by atoms with Gasteiger partial charge in [0, 0.05) is 5.92 Å². The number of anilines is 1. The number of nitrogens with one attached hydrogen (secondary N) is 1. The van der Waals surface area contributed by atoms with Crippen molar-refractivity contribution in [2.45, 2.75) is 32.8 Å². The zero-order chi connectivity index (χ0) is 17.1. The summed E-state index contributed by atoms with van der Waals surface area (Å²) in [5.41, 5.74) is 3.72. The summed E-state index contributed by atoms with van der Waals surface area (Å²) in [4.78, 5) is 11.9. The van der Waals surface area contributed by atoms with Gasteiger partial charge in [0.15, 0.2) is 0 Å². The predicted molar refractivity (Wildman–Crippen MR) is 94.2 cm³/mol. The largest absolute Gasteiger partial charge is 0.488 e. The molecule has 1 amide bonds. The molecule has 1 atom stereocenters. The molecule has 2 N–H and O–H groups in total. The quantitative estimate of drug-likeness (QED) is 0.850. The Morgan fingerprint density at radius 1 is 1.21 bits per heavy atom. The molecule has 4 nitrogen and oxygen atoms in total. The molecule has 126 valence electrons. The second-order valence-corrected chi connectivity index (χ2v) is 6.51. The van der Waals surface area contributed by atoms with Gasteiger partial charge in [-0.2, -0.15) is 0 Å². The van der Waals surface area contributed by atoms with Crippen molar-refractivity contribution in [1.82, 2.24) is 0 Å². The van der Waals surface area contributed by atoms with Gasteiger partial charge in [0.2, 0.25) is 5.91 Å². The van der Waals surface area contributed by atoms with Crippen LogP contribution in [0, 0.1) is 19.8 Å². The smallest absolute Gasteiger partial charge is 0.227 e. The van der Waals surface area contributed by atoms with E-state index in [9.17, 15) is 9.90 Å². The van der Waals surface area contributed by atoms with Crippen LogP contribution in [-0.2, 0) is 4.79 Å². The highest BCUT2D eigenvalue weighted by Gasteiger charge is 2.30. The summed E-state index contributed by atoms with van der Waals surface area (Å²) in [5.74, 6) is 0.759. The molecule has 4 heteroatoms. The fourth-order valence-corrected chi connectivity index (χ4v) is 2.74. The minimum Gasteiger partial charge on any atom is -0.488 e. The Kier molecular flexibility index (Phi) is 4.86. The van der Waals surface area contributed by atoms with Crippen molar-refractivity contribution in [2.75, 3.05) is 11.9 Å². The molecule has 1 aliphatic rings. The molecular weight excluding hydrogens is 302 g/mol.